The summed E-state index contributed by atoms with van der Waals surface area (Å²) in [4.78, 5) is 13.9. The monoisotopic (exact) mass is 418 g/mol. The fourth-order valence-corrected chi connectivity index (χ4v) is 3.07. The lowest BCUT2D eigenvalue weighted by Crippen LogP contribution is -2.32. The lowest BCUT2D eigenvalue weighted by atomic mass is 10.2. The van der Waals surface area contributed by atoms with Crippen molar-refractivity contribution in [2.75, 3.05) is 33.4 Å². The molecule has 1 aromatic heterocycles. The van der Waals surface area contributed by atoms with Crippen LogP contribution in [0.4, 0.5) is 0 Å². The first-order chi connectivity index (χ1) is 10.7. The minimum atomic E-state index is -0.0260. The lowest BCUT2D eigenvalue weighted by Gasteiger charge is -2.05. The standard InChI is InChI=1S/C16H19BrN2O2S.ClH/c1-21-11-10-18-8-9-19-16(20)15-7-6-14(22-15)12-2-4-13(17)5-3-12;/h2-7,18H,8-11H2,1H3,(H,19,20);1H. The van der Waals surface area contributed by atoms with E-state index < -0.39 is 0 Å². The van der Waals surface area contributed by atoms with Crippen LogP contribution in [0.5, 0.6) is 0 Å². The number of benzene rings is 1. The van der Waals surface area contributed by atoms with E-state index >= 15 is 0 Å². The van der Waals surface area contributed by atoms with Crippen molar-refractivity contribution in [3.05, 3.63) is 45.7 Å². The van der Waals surface area contributed by atoms with Gasteiger partial charge < -0.3 is 15.4 Å². The van der Waals surface area contributed by atoms with E-state index in [2.05, 4.69) is 26.6 Å². The maximum absolute atomic E-state index is 12.1. The molecule has 0 aliphatic carbocycles. The van der Waals surface area contributed by atoms with E-state index in [9.17, 15) is 4.79 Å². The topological polar surface area (TPSA) is 50.4 Å². The summed E-state index contributed by atoms with van der Waals surface area (Å²) < 4.78 is 5.99. The molecule has 0 spiro atoms. The minimum absolute atomic E-state index is 0. The van der Waals surface area contributed by atoms with Crippen molar-refractivity contribution in [2.24, 2.45) is 0 Å². The normalized spacial score (nSPS) is 10.2. The molecule has 1 heterocycles. The third-order valence-corrected chi connectivity index (χ3v) is 4.69. The van der Waals surface area contributed by atoms with Crippen molar-refractivity contribution in [1.82, 2.24) is 10.6 Å². The van der Waals surface area contributed by atoms with Crippen molar-refractivity contribution < 1.29 is 9.53 Å². The molecule has 0 aliphatic rings. The number of nitrogens with one attached hydrogen (secondary N) is 2. The molecule has 7 heteroatoms. The van der Waals surface area contributed by atoms with Gasteiger partial charge in [0.1, 0.15) is 0 Å². The zero-order valence-corrected chi connectivity index (χ0v) is 16.0. The van der Waals surface area contributed by atoms with Gasteiger partial charge >= 0.3 is 0 Å². The van der Waals surface area contributed by atoms with Crippen molar-refractivity contribution in [2.45, 2.75) is 0 Å². The summed E-state index contributed by atoms with van der Waals surface area (Å²) in [6, 6.07) is 11.9. The number of halogens is 2. The fraction of sp³-hybridized carbons (Fsp3) is 0.312. The highest BCUT2D eigenvalue weighted by Gasteiger charge is 2.09. The summed E-state index contributed by atoms with van der Waals surface area (Å²) >= 11 is 4.93. The molecule has 0 radical (unpaired) electrons. The molecule has 126 valence electrons. The number of carbonyl (C=O) groups excluding carboxylic acids is 1. The summed E-state index contributed by atoms with van der Waals surface area (Å²) in [6.07, 6.45) is 0. The van der Waals surface area contributed by atoms with Gasteiger partial charge in [0, 0.05) is 36.1 Å². The van der Waals surface area contributed by atoms with Crippen molar-refractivity contribution in [1.29, 1.82) is 0 Å². The van der Waals surface area contributed by atoms with E-state index in [0.29, 0.717) is 13.2 Å². The molecule has 4 nitrogen and oxygen atoms in total. The molecule has 0 aliphatic heterocycles. The van der Waals surface area contributed by atoms with Gasteiger partial charge in [-0.1, -0.05) is 28.1 Å². The minimum Gasteiger partial charge on any atom is -0.383 e. The van der Waals surface area contributed by atoms with Crippen molar-refractivity contribution >= 4 is 45.6 Å². The van der Waals surface area contributed by atoms with Gasteiger partial charge in [-0.2, -0.15) is 0 Å². The number of hydrogen-bond donors (Lipinski definition) is 2. The molecular formula is C16H20BrClN2O2S. The van der Waals surface area contributed by atoms with Gasteiger partial charge in [-0.15, -0.1) is 23.7 Å². The summed E-state index contributed by atoms with van der Waals surface area (Å²) in [7, 11) is 1.67. The zero-order chi connectivity index (χ0) is 15.8. The molecule has 0 unspecified atom stereocenters. The van der Waals surface area contributed by atoms with E-state index in [1.165, 1.54) is 11.3 Å². The van der Waals surface area contributed by atoms with Gasteiger partial charge in [-0.05, 0) is 29.8 Å². The molecule has 2 rings (SSSR count). The predicted octanol–water partition coefficient (Wildman–Crippen LogP) is 3.57. The van der Waals surface area contributed by atoms with Crippen LogP contribution < -0.4 is 10.6 Å². The van der Waals surface area contributed by atoms with Crippen LogP contribution in [0.2, 0.25) is 0 Å². The van der Waals surface area contributed by atoms with Crippen molar-refractivity contribution in [3.8, 4) is 10.4 Å². The van der Waals surface area contributed by atoms with Crippen LogP contribution in [0, 0.1) is 0 Å². The number of carbonyl (C=O) groups is 1. The molecule has 1 amide bonds. The first-order valence-electron chi connectivity index (χ1n) is 7.04. The van der Waals surface area contributed by atoms with Crippen LogP contribution in [0.25, 0.3) is 10.4 Å². The quantitative estimate of drug-likeness (QED) is 0.643. The van der Waals surface area contributed by atoms with E-state index in [1.54, 1.807) is 7.11 Å². The number of amides is 1. The highest BCUT2D eigenvalue weighted by atomic mass is 79.9. The third-order valence-electron chi connectivity index (χ3n) is 3.03. The number of ether oxygens (including phenoxy) is 1. The Labute approximate surface area is 155 Å². The van der Waals surface area contributed by atoms with E-state index in [-0.39, 0.29) is 18.3 Å². The molecule has 0 bridgehead atoms. The number of thiophene rings is 1. The van der Waals surface area contributed by atoms with Gasteiger partial charge in [0.05, 0.1) is 11.5 Å². The van der Waals surface area contributed by atoms with Gasteiger partial charge in [0.15, 0.2) is 0 Å². The van der Waals surface area contributed by atoms with Crippen LogP contribution in [0.1, 0.15) is 9.67 Å². The SMILES string of the molecule is COCCNCCNC(=O)c1ccc(-c2ccc(Br)cc2)s1.Cl. The van der Waals surface area contributed by atoms with Crippen LogP contribution in [0.15, 0.2) is 40.9 Å². The average molecular weight is 420 g/mol. The second-order valence-electron chi connectivity index (χ2n) is 4.67. The van der Waals surface area contributed by atoms with Gasteiger partial charge in [0.2, 0.25) is 0 Å². The molecule has 23 heavy (non-hydrogen) atoms. The molecule has 1 aromatic carbocycles. The largest absolute Gasteiger partial charge is 0.383 e. The zero-order valence-electron chi connectivity index (χ0n) is 12.8. The molecule has 0 saturated heterocycles. The summed E-state index contributed by atoms with van der Waals surface area (Å²) in [5.41, 5.74) is 1.12. The predicted molar refractivity (Wildman–Crippen MR) is 102 cm³/mol. The summed E-state index contributed by atoms with van der Waals surface area (Å²) in [5.74, 6) is -0.0260. The Bertz CT molecular complexity index is 604. The molecule has 0 atom stereocenters. The molecular weight excluding hydrogens is 400 g/mol. The highest BCUT2D eigenvalue weighted by Crippen LogP contribution is 2.28. The molecule has 2 N–H and O–H groups in total. The number of hydrogen-bond acceptors (Lipinski definition) is 4. The maximum atomic E-state index is 12.1. The Balaban J connectivity index is 0.00000264. The smallest absolute Gasteiger partial charge is 0.261 e. The number of methoxy groups -OCH3 is 1. The average Bonchev–Trinajstić information content (AvgIpc) is 3.01. The molecule has 0 fully saturated rings. The first kappa shape index (κ1) is 20.1. The van der Waals surface area contributed by atoms with Crippen LogP contribution in [-0.2, 0) is 4.74 Å². The third kappa shape index (κ3) is 6.61. The molecule has 0 saturated carbocycles. The van der Waals surface area contributed by atoms with Gasteiger partial charge in [0.25, 0.3) is 5.91 Å². The first-order valence-corrected chi connectivity index (χ1v) is 8.65. The van der Waals surface area contributed by atoms with E-state index in [0.717, 1.165) is 32.9 Å². The maximum Gasteiger partial charge on any atom is 0.261 e. The highest BCUT2D eigenvalue weighted by molar-refractivity contribution is 9.10. The van der Waals surface area contributed by atoms with E-state index in [1.807, 2.05) is 36.4 Å². The van der Waals surface area contributed by atoms with Crippen LogP contribution in [-0.4, -0.2) is 39.3 Å². The fourth-order valence-electron chi connectivity index (χ4n) is 1.88. The van der Waals surface area contributed by atoms with Gasteiger partial charge in [-0.25, -0.2) is 0 Å². The van der Waals surface area contributed by atoms with Crippen LogP contribution in [0.3, 0.4) is 0 Å². The Morgan fingerprint density at radius 1 is 1.13 bits per heavy atom. The summed E-state index contributed by atoms with van der Waals surface area (Å²) in [5, 5.41) is 6.10. The Hall–Kier alpha value is -0.920. The van der Waals surface area contributed by atoms with Gasteiger partial charge in [-0.3, -0.25) is 4.79 Å². The summed E-state index contributed by atoms with van der Waals surface area (Å²) in [6.45, 7) is 2.81. The second kappa shape index (κ2) is 10.8. The Kier molecular flexibility index (Phi) is 9.43. The molecule has 2 aromatic rings. The van der Waals surface area contributed by atoms with Crippen LogP contribution >= 0.6 is 39.7 Å². The van der Waals surface area contributed by atoms with Crippen molar-refractivity contribution in [3.63, 3.8) is 0 Å². The van der Waals surface area contributed by atoms with E-state index in [4.69, 9.17) is 4.74 Å². The Morgan fingerprint density at radius 3 is 2.57 bits per heavy atom. The lowest BCUT2D eigenvalue weighted by molar-refractivity contribution is 0.0957. The Morgan fingerprint density at radius 2 is 1.87 bits per heavy atom. The second-order valence-corrected chi connectivity index (χ2v) is 6.67. The number of rotatable bonds is 8.